The van der Waals surface area contributed by atoms with E-state index in [-0.39, 0.29) is 17.8 Å². The van der Waals surface area contributed by atoms with Crippen LogP contribution in [0.2, 0.25) is 5.02 Å². The molecular weight excluding hydrogens is 363 g/mol. The smallest absolute Gasteiger partial charge is 0.345 e. The fraction of sp³-hybridized carbons (Fsp3) is 0.158. The van der Waals surface area contributed by atoms with E-state index in [1.807, 2.05) is 6.07 Å². The van der Waals surface area contributed by atoms with E-state index in [1.165, 1.54) is 24.3 Å². The second-order valence-corrected chi connectivity index (χ2v) is 6.13. The lowest BCUT2D eigenvalue weighted by Crippen LogP contribution is -2.19. The molecule has 0 N–H and O–H groups in total. The van der Waals surface area contributed by atoms with Crippen molar-refractivity contribution in [1.29, 1.82) is 5.26 Å². The van der Waals surface area contributed by atoms with E-state index >= 15 is 0 Å². The third-order valence-corrected chi connectivity index (χ3v) is 4.36. The lowest BCUT2D eigenvalue weighted by Gasteiger charge is -2.22. The zero-order valence-electron chi connectivity index (χ0n) is 13.7. The monoisotopic (exact) mass is 375 g/mol. The SMILES string of the molecule is CN1C(=CC#N)CN=C(c2ccccc2C(F)(F)F)c2cc(Cl)ccc21. The third-order valence-electron chi connectivity index (χ3n) is 4.12. The highest BCUT2D eigenvalue weighted by molar-refractivity contribution is 6.31. The van der Waals surface area contributed by atoms with E-state index < -0.39 is 11.7 Å². The van der Waals surface area contributed by atoms with Crippen molar-refractivity contribution in [2.24, 2.45) is 4.99 Å². The van der Waals surface area contributed by atoms with Gasteiger partial charge in [-0.2, -0.15) is 18.4 Å². The molecule has 26 heavy (non-hydrogen) atoms. The number of halogens is 4. The Kier molecular flexibility index (Phi) is 4.75. The number of likely N-dealkylation sites (N-methyl/N-ethyl adjacent to an activating group) is 1. The van der Waals surface area contributed by atoms with E-state index in [0.717, 1.165) is 6.07 Å². The predicted octanol–water partition coefficient (Wildman–Crippen LogP) is 5.05. The van der Waals surface area contributed by atoms with Crippen molar-refractivity contribution in [2.75, 3.05) is 18.5 Å². The first-order valence-corrected chi connectivity index (χ1v) is 8.04. The van der Waals surface area contributed by atoms with Crippen LogP contribution in [-0.2, 0) is 6.18 Å². The van der Waals surface area contributed by atoms with Crippen molar-refractivity contribution in [3.05, 3.63) is 76.0 Å². The maximum atomic E-state index is 13.5. The molecule has 0 unspecified atom stereocenters. The van der Waals surface area contributed by atoms with E-state index in [2.05, 4.69) is 4.99 Å². The highest BCUT2D eigenvalue weighted by atomic mass is 35.5. The molecule has 1 aliphatic heterocycles. The van der Waals surface area contributed by atoms with Crippen LogP contribution in [0.1, 0.15) is 16.7 Å². The molecule has 0 saturated heterocycles. The summed E-state index contributed by atoms with van der Waals surface area (Å²) >= 11 is 6.09. The van der Waals surface area contributed by atoms with Crippen molar-refractivity contribution in [1.82, 2.24) is 0 Å². The summed E-state index contributed by atoms with van der Waals surface area (Å²) in [6, 6.07) is 12.2. The molecule has 0 aromatic heterocycles. The number of fused-ring (bicyclic) bond motifs is 1. The van der Waals surface area contributed by atoms with E-state index in [0.29, 0.717) is 22.0 Å². The molecule has 0 amide bonds. The largest absolute Gasteiger partial charge is 0.417 e. The quantitative estimate of drug-likeness (QED) is 0.654. The minimum atomic E-state index is -4.51. The lowest BCUT2D eigenvalue weighted by molar-refractivity contribution is -0.137. The average Bonchev–Trinajstić information content (AvgIpc) is 2.72. The molecule has 0 atom stereocenters. The Balaban J connectivity index is 2.30. The molecule has 1 heterocycles. The van der Waals surface area contributed by atoms with E-state index in [4.69, 9.17) is 16.9 Å². The van der Waals surface area contributed by atoms with Gasteiger partial charge in [0.15, 0.2) is 0 Å². The molecule has 3 nitrogen and oxygen atoms in total. The summed E-state index contributed by atoms with van der Waals surface area (Å²) < 4.78 is 40.5. The first-order chi connectivity index (χ1) is 12.3. The van der Waals surface area contributed by atoms with Gasteiger partial charge in [0.05, 0.1) is 29.6 Å². The van der Waals surface area contributed by atoms with Gasteiger partial charge < -0.3 is 4.90 Å². The fourth-order valence-electron chi connectivity index (χ4n) is 2.88. The molecule has 0 radical (unpaired) electrons. The van der Waals surface area contributed by atoms with Gasteiger partial charge in [-0.3, -0.25) is 4.99 Å². The molecule has 1 aliphatic rings. The molecule has 0 aliphatic carbocycles. The van der Waals surface area contributed by atoms with Gasteiger partial charge in [-0.15, -0.1) is 0 Å². The van der Waals surface area contributed by atoms with Gasteiger partial charge >= 0.3 is 6.18 Å². The van der Waals surface area contributed by atoms with Gasteiger partial charge in [0.2, 0.25) is 0 Å². The highest BCUT2D eigenvalue weighted by Gasteiger charge is 2.35. The first-order valence-electron chi connectivity index (χ1n) is 7.66. The number of anilines is 1. The highest BCUT2D eigenvalue weighted by Crippen LogP contribution is 2.36. The van der Waals surface area contributed by atoms with Gasteiger partial charge in [0, 0.05) is 35.0 Å². The van der Waals surface area contributed by atoms with Crippen molar-refractivity contribution in [3.63, 3.8) is 0 Å². The molecule has 2 aromatic carbocycles. The second-order valence-electron chi connectivity index (χ2n) is 5.69. The Labute approximate surface area is 153 Å². The number of benzodiazepines with no additional fused rings is 1. The number of rotatable bonds is 1. The summed E-state index contributed by atoms with van der Waals surface area (Å²) in [6.45, 7) is 0.0812. The van der Waals surface area contributed by atoms with Crippen LogP contribution >= 0.6 is 11.6 Å². The second kappa shape index (κ2) is 6.85. The van der Waals surface area contributed by atoms with Crippen molar-refractivity contribution in [3.8, 4) is 6.07 Å². The Hall–Kier alpha value is -2.78. The summed E-state index contributed by atoms with van der Waals surface area (Å²) in [7, 11) is 1.74. The number of benzene rings is 2. The van der Waals surface area contributed by atoms with Crippen LogP contribution in [0.3, 0.4) is 0 Å². The summed E-state index contributed by atoms with van der Waals surface area (Å²) in [4.78, 5) is 6.14. The maximum Gasteiger partial charge on any atom is 0.417 e. The summed E-state index contributed by atoms with van der Waals surface area (Å²) in [5.41, 5.74) is 1.11. The normalized spacial score (nSPS) is 15.9. The maximum absolute atomic E-state index is 13.5. The minimum absolute atomic E-state index is 0.0184. The number of nitrogens with zero attached hydrogens (tertiary/aromatic N) is 3. The van der Waals surface area contributed by atoms with Crippen LogP contribution in [-0.4, -0.2) is 19.3 Å². The Morgan fingerprint density at radius 2 is 1.92 bits per heavy atom. The number of hydrogen-bond acceptors (Lipinski definition) is 3. The third kappa shape index (κ3) is 3.31. The first kappa shape index (κ1) is 18.0. The van der Waals surface area contributed by atoms with Crippen LogP contribution in [0.25, 0.3) is 0 Å². The van der Waals surface area contributed by atoms with Gasteiger partial charge in [-0.1, -0.05) is 29.8 Å². The summed E-state index contributed by atoms with van der Waals surface area (Å²) in [5.74, 6) is 0. The van der Waals surface area contributed by atoms with Crippen LogP contribution in [0.15, 0.2) is 59.2 Å². The zero-order chi connectivity index (χ0) is 18.9. The molecule has 2 aromatic rings. The minimum Gasteiger partial charge on any atom is -0.345 e. The topological polar surface area (TPSA) is 39.4 Å². The fourth-order valence-corrected chi connectivity index (χ4v) is 3.05. The molecule has 7 heteroatoms. The van der Waals surface area contributed by atoms with Crippen molar-refractivity contribution >= 4 is 23.0 Å². The predicted molar refractivity (Wildman–Crippen MR) is 95.5 cm³/mol. The van der Waals surface area contributed by atoms with Gasteiger partial charge in [0.1, 0.15) is 0 Å². The molecule has 132 valence electrons. The van der Waals surface area contributed by atoms with Crippen molar-refractivity contribution < 1.29 is 13.2 Å². The molecule has 0 spiro atoms. The molecule has 3 rings (SSSR count). The number of aliphatic imine (C=N–C) groups is 1. The van der Waals surface area contributed by atoms with E-state index in [1.54, 1.807) is 30.1 Å². The number of allylic oxidation sites excluding steroid dienone is 1. The van der Waals surface area contributed by atoms with Crippen LogP contribution in [0.5, 0.6) is 0 Å². The summed E-state index contributed by atoms with van der Waals surface area (Å²) in [5, 5.41) is 9.37. The number of nitriles is 1. The summed E-state index contributed by atoms with van der Waals surface area (Å²) in [6.07, 6.45) is -3.18. The zero-order valence-corrected chi connectivity index (χ0v) is 14.4. The Bertz CT molecular complexity index is 955. The van der Waals surface area contributed by atoms with Crippen LogP contribution in [0.4, 0.5) is 18.9 Å². The molecule has 0 fully saturated rings. The van der Waals surface area contributed by atoms with Crippen molar-refractivity contribution in [2.45, 2.75) is 6.18 Å². The lowest BCUT2D eigenvalue weighted by atomic mass is 9.96. The molecule has 0 bridgehead atoms. The number of alkyl halides is 3. The number of hydrogen-bond donors (Lipinski definition) is 0. The Morgan fingerprint density at radius 1 is 1.19 bits per heavy atom. The Morgan fingerprint density at radius 3 is 2.62 bits per heavy atom. The van der Waals surface area contributed by atoms with Crippen LogP contribution < -0.4 is 4.90 Å². The van der Waals surface area contributed by atoms with Gasteiger partial charge in [-0.25, -0.2) is 0 Å². The van der Waals surface area contributed by atoms with Gasteiger partial charge in [-0.05, 0) is 24.3 Å². The van der Waals surface area contributed by atoms with Gasteiger partial charge in [0.25, 0.3) is 0 Å². The van der Waals surface area contributed by atoms with E-state index in [9.17, 15) is 13.2 Å². The standard InChI is InChI=1S/C19H13ClF3N3/c1-26-13(8-9-24)11-25-18(15-10-12(20)6-7-17(15)26)14-4-2-3-5-16(14)19(21,22)23/h2-8,10H,11H2,1H3. The average molecular weight is 376 g/mol. The molecule has 0 saturated carbocycles. The van der Waals surface area contributed by atoms with Crippen LogP contribution in [0, 0.1) is 11.3 Å². The molecular formula is C19H13ClF3N3.